The molecular formula is C26H30NNaO4. The summed E-state index contributed by atoms with van der Waals surface area (Å²) in [4.78, 5) is 16.9. The van der Waals surface area contributed by atoms with E-state index >= 15 is 0 Å². The number of rotatable bonds is 4. The van der Waals surface area contributed by atoms with E-state index in [0.29, 0.717) is 5.56 Å². The van der Waals surface area contributed by atoms with Gasteiger partial charge in [-0.3, -0.25) is 4.99 Å². The minimum Gasteiger partial charge on any atom is -0.549 e. The first-order valence-corrected chi connectivity index (χ1v) is 10.7. The number of carboxylic acid groups (broad SMARTS) is 1. The average Bonchev–Trinajstić information content (AvgIpc) is 3.00. The van der Waals surface area contributed by atoms with Crippen LogP contribution in [0.1, 0.15) is 69.4 Å². The fourth-order valence-electron chi connectivity index (χ4n) is 4.60. The molecule has 0 N–H and O–H groups in total. The van der Waals surface area contributed by atoms with Crippen molar-refractivity contribution in [2.45, 2.75) is 70.9 Å². The Labute approximate surface area is 212 Å². The number of hydrogen-bond donors (Lipinski definition) is 0. The Hall–Kier alpha value is -1.82. The van der Waals surface area contributed by atoms with Crippen LogP contribution >= 0.6 is 0 Å². The Morgan fingerprint density at radius 2 is 1.84 bits per heavy atom. The third-order valence-corrected chi connectivity index (χ3v) is 6.27. The molecule has 4 rings (SSSR count). The summed E-state index contributed by atoms with van der Waals surface area (Å²) in [7, 11) is 1.67. The smallest absolute Gasteiger partial charge is 0.549 e. The fraction of sp³-hybridized carbons (Fsp3) is 0.462. The van der Waals surface area contributed by atoms with Gasteiger partial charge in [-0.25, -0.2) is 0 Å². The van der Waals surface area contributed by atoms with Crippen molar-refractivity contribution < 1.29 is 48.9 Å². The number of benzene rings is 2. The van der Waals surface area contributed by atoms with Gasteiger partial charge in [0.2, 0.25) is 0 Å². The summed E-state index contributed by atoms with van der Waals surface area (Å²) in [5.41, 5.74) is 4.12. The van der Waals surface area contributed by atoms with Gasteiger partial charge in [0.05, 0.1) is 24.3 Å². The second-order valence-electron chi connectivity index (χ2n) is 10.4. The Balaban J connectivity index is 0.00000289. The van der Waals surface area contributed by atoms with Gasteiger partial charge in [-0.05, 0) is 57.4 Å². The van der Waals surface area contributed by atoms with Crippen molar-refractivity contribution in [3.63, 3.8) is 0 Å². The predicted octanol–water partition coefficient (Wildman–Crippen LogP) is 0.612. The van der Waals surface area contributed by atoms with Crippen molar-refractivity contribution in [2.75, 3.05) is 7.11 Å². The number of fused-ring (bicyclic) bond motifs is 3. The summed E-state index contributed by atoms with van der Waals surface area (Å²) in [5, 5.41) is 11.7. The minimum atomic E-state index is -1.10. The SMILES string of the molecule is COc1cc2c(c3c1OC(C)(C)C3)C(c1cccc(C(C)(C)C(=O)[O-])c1)=NC(C)(C)C2.[Na+]. The number of methoxy groups -OCH3 is 1. The number of aliphatic imine (C=N–C) groups is 1. The van der Waals surface area contributed by atoms with Crippen LogP contribution in [0, 0.1) is 0 Å². The van der Waals surface area contributed by atoms with E-state index in [1.165, 1.54) is 5.56 Å². The van der Waals surface area contributed by atoms with E-state index in [0.717, 1.165) is 46.7 Å². The first-order chi connectivity index (χ1) is 14.3. The molecule has 0 aromatic heterocycles. The van der Waals surface area contributed by atoms with E-state index in [1.807, 2.05) is 24.3 Å². The second kappa shape index (κ2) is 8.19. The molecule has 0 bridgehead atoms. The third kappa shape index (κ3) is 4.23. The summed E-state index contributed by atoms with van der Waals surface area (Å²) in [5.74, 6) is 0.435. The number of ether oxygens (including phenoxy) is 2. The van der Waals surface area contributed by atoms with Crippen LogP contribution < -0.4 is 44.1 Å². The van der Waals surface area contributed by atoms with Gasteiger partial charge in [-0.1, -0.05) is 32.0 Å². The number of aliphatic carboxylic acids is 1. The Morgan fingerprint density at radius 3 is 2.47 bits per heavy atom. The summed E-state index contributed by atoms with van der Waals surface area (Å²) in [6, 6.07) is 9.72. The van der Waals surface area contributed by atoms with Crippen LogP contribution in [-0.4, -0.2) is 29.9 Å². The maximum absolute atomic E-state index is 11.7. The topological polar surface area (TPSA) is 71.0 Å². The van der Waals surface area contributed by atoms with E-state index in [9.17, 15) is 9.90 Å². The molecule has 0 amide bonds. The van der Waals surface area contributed by atoms with E-state index in [1.54, 1.807) is 21.0 Å². The monoisotopic (exact) mass is 443 g/mol. The minimum absolute atomic E-state index is 0. The molecule has 0 fully saturated rings. The molecule has 6 heteroatoms. The van der Waals surface area contributed by atoms with Gasteiger partial charge in [0, 0.05) is 28.5 Å². The largest absolute Gasteiger partial charge is 1.00 e. The van der Waals surface area contributed by atoms with E-state index in [4.69, 9.17) is 14.5 Å². The van der Waals surface area contributed by atoms with Gasteiger partial charge < -0.3 is 19.4 Å². The van der Waals surface area contributed by atoms with Crippen molar-refractivity contribution in [3.8, 4) is 11.5 Å². The standard InChI is InChI=1S/C26H31NO4.Na/c1-24(2)13-16-12-19(30-7)22-18(14-25(3,4)31-22)20(16)21(27-24)15-9-8-10-17(11-15)26(5,6)23(28)29;/h8-12H,13-14H2,1-7H3,(H,28,29);/q;+1/p-1. The maximum Gasteiger partial charge on any atom is 1.00 e. The van der Waals surface area contributed by atoms with Crippen LogP contribution in [-0.2, 0) is 23.1 Å². The van der Waals surface area contributed by atoms with Gasteiger partial charge in [-0.15, -0.1) is 0 Å². The van der Waals surface area contributed by atoms with E-state index in [-0.39, 0.29) is 40.7 Å². The predicted molar refractivity (Wildman–Crippen MR) is 119 cm³/mol. The molecule has 2 heterocycles. The summed E-state index contributed by atoms with van der Waals surface area (Å²) >= 11 is 0. The molecule has 2 aromatic carbocycles. The van der Waals surface area contributed by atoms with Crippen molar-refractivity contribution >= 4 is 11.7 Å². The maximum atomic E-state index is 11.7. The molecule has 2 aliphatic heterocycles. The van der Waals surface area contributed by atoms with Crippen molar-refractivity contribution in [1.29, 1.82) is 0 Å². The average molecular weight is 444 g/mol. The summed E-state index contributed by atoms with van der Waals surface area (Å²) in [6.45, 7) is 11.7. The molecule has 0 saturated heterocycles. The van der Waals surface area contributed by atoms with Gasteiger partial charge >= 0.3 is 29.6 Å². The molecule has 0 unspecified atom stereocenters. The quantitative estimate of drug-likeness (QED) is 0.650. The molecule has 2 aliphatic rings. The zero-order valence-corrected chi connectivity index (χ0v) is 22.4. The normalized spacial score (nSPS) is 17.9. The van der Waals surface area contributed by atoms with Crippen LogP contribution in [0.25, 0.3) is 0 Å². The fourth-order valence-corrected chi connectivity index (χ4v) is 4.60. The molecule has 2 aromatic rings. The number of hydrogen-bond acceptors (Lipinski definition) is 5. The van der Waals surface area contributed by atoms with Gasteiger partial charge in [0.1, 0.15) is 5.60 Å². The van der Waals surface area contributed by atoms with Crippen molar-refractivity contribution in [3.05, 3.63) is 58.1 Å². The Kier molecular flexibility index (Phi) is 6.35. The zero-order valence-electron chi connectivity index (χ0n) is 20.4. The first kappa shape index (κ1) is 24.8. The number of nitrogens with zero attached hydrogens (tertiary/aromatic N) is 1. The molecular weight excluding hydrogens is 413 g/mol. The van der Waals surface area contributed by atoms with Crippen LogP contribution in [0.4, 0.5) is 0 Å². The molecule has 32 heavy (non-hydrogen) atoms. The second-order valence-corrected chi connectivity index (χ2v) is 10.4. The Bertz CT molecular complexity index is 1120. The van der Waals surface area contributed by atoms with E-state index < -0.39 is 11.4 Å². The number of carbonyl (C=O) groups excluding carboxylic acids is 1. The zero-order chi connectivity index (χ0) is 22.8. The molecule has 0 spiro atoms. The number of carbonyl (C=O) groups is 1. The van der Waals surface area contributed by atoms with Gasteiger partial charge in [-0.2, -0.15) is 0 Å². The van der Waals surface area contributed by atoms with Gasteiger partial charge in [0.25, 0.3) is 0 Å². The molecule has 5 nitrogen and oxygen atoms in total. The number of carboxylic acids is 1. The summed E-state index contributed by atoms with van der Waals surface area (Å²) < 4.78 is 11.9. The van der Waals surface area contributed by atoms with Crippen LogP contribution in [0.3, 0.4) is 0 Å². The first-order valence-electron chi connectivity index (χ1n) is 10.7. The Morgan fingerprint density at radius 1 is 1.16 bits per heavy atom. The molecule has 0 saturated carbocycles. The van der Waals surface area contributed by atoms with Crippen molar-refractivity contribution in [2.24, 2.45) is 4.99 Å². The molecule has 0 radical (unpaired) electrons. The molecule has 0 aliphatic carbocycles. The third-order valence-electron chi connectivity index (χ3n) is 6.27. The summed E-state index contributed by atoms with van der Waals surface area (Å²) in [6.07, 6.45) is 1.55. The molecule has 0 atom stereocenters. The van der Waals surface area contributed by atoms with Crippen LogP contribution in [0.15, 0.2) is 35.3 Å². The van der Waals surface area contributed by atoms with Crippen LogP contribution in [0.2, 0.25) is 0 Å². The molecule has 164 valence electrons. The van der Waals surface area contributed by atoms with Gasteiger partial charge in [0.15, 0.2) is 11.5 Å². The van der Waals surface area contributed by atoms with E-state index in [2.05, 4.69) is 33.8 Å². The van der Waals surface area contributed by atoms with Crippen LogP contribution in [0.5, 0.6) is 11.5 Å². The van der Waals surface area contributed by atoms with Crippen molar-refractivity contribution in [1.82, 2.24) is 0 Å².